The molecule has 0 radical (unpaired) electrons. The quantitative estimate of drug-likeness (QED) is 0.806. The minimum atomic E-state index is -0.163. The highest BCUT2D eigenvalue weighted by atomic mass is 16.5. The zero-order valence-electron chi connectivity index (χ0n) is 14.6. The van der Waals surface area contributed by atoms with Gasteiger partial charge in [-0.3, -0.25) is 4.79 Å². The first-order valence-corrected chi connectivity index (χ1v) is 9.28. The van der Waals surface area contributed by atoms with E-state index >= 15 is 0 Å². The predicted octanol–water partition coefficient (Wildman–Crippen LogP) is 2.60. The first kappa shape index (κ1) is 17.6. The van der Waals surface area contributed by atoms with Crippen LogP contribution in [-0.4, -0.2) is 43.1 Å². The molecule has 2 aliphatic heterocycles. The summed E-state index contributed by atoms with van der Waals surface area (Å²) in [5.41, 5.74) is 1.03. The summed E-state index contributed by atoms with van der Waals surface area (Å²) in [6.07, 6.45) is 5.44. The van der Waals surface area contributed by atoms with E-state index in [1.165, 1.54) is 0 Å². The van der Waals surface area contributed by atoms with Crippen LogP contribution < -0.4 is 15.4 Å². The Morgan fingerprint density at radius 3 is 3.04 bits per heavy atom. The monoisotopic (exact) mass is 345 g/mol. The van der Waals surface area contributed by atoms with E-state index in [0.29, 0.717) is 19.6 Å². The van der Waals surface area contributed by atoms with Crippen molar-refractivity contribution in [2.45, 2.75) is 44.6 Å². The van der Waals surface area contributed by atoms with Gasteiger partial charge in [0.15, 0.2) is 0 Å². The van der Waals surface area contributed by atoms with Crippen LogP contribution in [0.2, 0.25) is 0 Å². The fourth-order valence-corrected chi connectivity index (χ4v) is 3.45. The summed E-state index contributed by atoms with van der Waals surface area (Å²) >= 11 is 0. The summed E-state index contributed by atoms with van der Waals surface area (Å²) in [6, 6.07) is 7.63. The van der Waals surface area contributed by atoms with Gasteiger partial charge in [-0.2, -0.15) is 0 Å². The molecular formula is C19H27N3O3. The molecule has 1 aromatic rings. The second-order valence-corrected chi connectivity index (χ2v) is 6.67. The lowest BCUT2D eigenvalue weighted by Crippen LogP contribution is -2.41. The Balaban J connectivity index is 1.39. The lowest BCUT2D eigenvalue weighted by atomic mass is 10.0. The van der Waals surface area contributed by atoms with Crippen LogP contribution >= 0.6 is 0 Å². The Bertz CT molecular complexity index is 605. The zero-order valence-corrected chi connectivity index (χ0v) is 14.6. The third kappa shape index (κ3) is 4.87. The second kappa shape index (κ2) is 8.74. The van der Waals surface area contributed by atoms with E-state index in [0.717, 1.165) is 56.5 Å². The minimum absolute atomic E-state index is 0.0165. The van der Waals surface area contributed by atoms with Gasteiger partial charge < -0.3 is 20.3 Å². The first-order chi connectivity index (χ1) is 12.2. The lowest BCUT2D eigenvalue weighted by Gasteiger charge is -2.26. The average molecular weight is 345 g/mol. The number of hydrogen-bond acceptors (Lipinski definition) is 3. The third-order valence-corrected chi connectivity index (χ3v) is 4.83. The van der Waals surface area contributed by atoms with Crippen molar-refractivity contribution < 1.29 is 14.3 Å². The number of ether oxygens (including phenoxy) is 1. The third-order valence-electron chi connectivity index (χ3n) is 4.83. The molecule has 1 saturated heterocycles. The topological polar surface area (TPSA) is 70.7 Å². The van der Waals surface area contributed by atoms with Crippen molar-refractivity contribution in [2.75, 3.05) is 26.2 Å². The van der Waals surface area contributed by atoms with Gasteiger partial charge in [0.1, 0.15) is 5.75 Å². The molecule has 6 heteroatoms. The number of nitrogens with zero attached hydrogens (tertiary/aromatic N) is 1. The maximum atomic E-state index is 12.1. The number of para-hydroxylation sites is 1. The largest absolute Gasteiger partial charge is 0.493 e. The molecule has 3 rings (SSSR count). The average Bonchev–Trinajstić information content (AvgIpc) is 2.83. The maximum Gasteiger partial charge on any atom is 0.315 e. The molecule has 0 spiro atoms. The molecule has 2 aliphatic rings. The number of urea groups is 1. The molecule has 1 aromatic carbocycles. The van der Waals surface area contributed by atoms with Gasteiger partial charge in [-0.05, 0) is 25.3 Å². The van der Waals surface area contributed by atoms with Crippen LogP contribution in [0.15, 0.2) is 24.3 Å². The molecule has 2 heterocycles. The van der Waals surface area contributed by atoms with Crippen molar-refractivity contribution in [1.82, 2.24) is 15.5 Å². The van der Waals surface area contributed by atoms with Gasteiger partial charge in [0.2, 0.25) is 5.91 Å². The number of benzene rings is 1. The van der Waals surface area contributed by atoms with E-state index in [1.807, 2.05) is 29.2 Å². The Labute approximate surface area is 148 Å². The molecule has 0 saturated carbocycles. The summed E-state index contributed by atoms with van der Waals surface area (Å²) in [5.74, 6) is 1.10. The molecule has 2 N–H and O–H groups in total. The van der Waals surface area contributed by atoms with Gasteiger partial charge >= 0.3 is 6.03 Å². The van der Waals surface area contributed by atoms with Crippen molar-refractivity contribution in [3.05, 3.63) is 29.8 Å². The van der Waals surface area contributed by atoms with Gasteiger partial charge in [0.05, 0.1) is 12.6 Å². The SMILES string of the molecule is O=C(NCCCN1CCCCCC1=O)N[C@@H]1CCOc2ccccc21. The Morgan fingerprint density at radius 2 is 2.12 bits per heavy atom. The molecule has 0 aromatic heterocycles. The molecule has 0 aliphatic carbocycles. The van der Waals surface area contributed by atoms with Gasteiger partial charge in [-0.25, -0.2) is 4.79 Å². The summed E-state index contributed by atoms with van der Waals surface area (Å²) in [6.45, 7) is 2.75. The summed E-state index contributed by atoms with van der Waals surface area (Å²) in [5, 5.41) is 5.92. The predicted molar refractivity (Wildman–Crippen MR) is 95.5 cm³/mol. The molecule has 0 bridgehead atoms. The highest BCUT2D eigenvalue weighted by Gasteiger charge is 2.22. The summed E-state index contributed by atoms with van der Waals surface area (Å²) in [4.78, 5) is 26.0. The zero-order chi connectivity index (χ0) is 17.5. The van der Waals surface area contributed by atoms with Crippen molar-refractivity contribution in [2.24, 2.45) is 0 Å². The normalized spacial score (nSPS) is 20.2. The highest BCUT2D eigenvalue weighted by molar-refractivity contribution is 5.76. The number of likely N-dealkylation sites (tertiary alicyclic amines) is 1. The van der Waals surface area contributed by atoms with Crippen LogP contribution in [0, 0.1) is 0 Å². The number of fused-ring (bicyclic) bond motifs is 1. The van der Waals surface area contributed by atoms with Crippen LogP contribution in [0.25, 0.3) is 0 Å². The fraction of sp³-hybridized carbons (Fsp3) is 0.579. The number of hydrogen-bond donors (Lipinski definition) is 2. The van der Waals surface area contributed by atoms with Crippen molar-refractivity contribution in [1.29, 1.82) is 0 Å². The van der Waals surface area contributed by atoms with E-state index in [1.54, 1.807) is 0 Å². The smallest absolute Gasteiger partial charge is 0.315 e. The minimum Gasteiger partial charge on any atom is -0.493 e. The highest BCUT2D eigenvalue weighted by Crippen LogP contribution is 2.31. The van der Waals surface area contributed by atoms with Crippen LogP contribution in [0.4, 0.5) is 4.79 Å². The number of nitrogens with one attached hydrogen (secondary N) is 2. The number of carbonyl (C=O) groups is 2. The molecule has 1 atom stereocenters. The van der Waals surface area contributed by atoms with E-state index in [-0.39, 0.29) is 18.0 Å². The molecule has 6 nitrogen and oxygen atoms in total. The maximum absolute atomic E-state index is 12.1. The number of amides is 3. The van der Waals surface area contributed by atoms with Gasteiger partial charge in [-0.15, -0.1) is 0 Å². The van der Waals surface area contributed by atoms with E-state index in [4.69, 9.17) is 4.74 Å². The Morgan fingerprint density at radius 1 is 1.24 bits per heavy atom. The van der Waals surface area contributed by atoms with Crippen molar-refractivity contribution >= 4 is 11.9 Å². The van der Waals surface area contributed by atoms with Crippen LogP contribution in [0.1, 0.15) is 50.1 Å². The molecule has 1 fully saturated rings. The number of rotatable bonds is 5. The van der Waals surface area contributed by atoms with Crippen LogP contribution in [0.5, 0.6) is 5.75 Å². The molecule has 0 unspecified atom stereocenters. The van der Waals surface area contributed by atoms with Gasteiger partial charge in [0.25, 0.3) is 0 Å². The summed E-state index contributed by atoms with van der Waals surface area (Å²) < 4.78 is 5.61. The van der Waals surface area contributed by atoms with E-state index < -0.39 is 0 Å². The van der Waals surface area contributed by atoms with Crippen LogP contribution in [-0.2, 0) is 4.79 Å². The molecular weight excluding hydrogens is 318 g/mol. The molecule has 3 amide bonds. The molecule has 25 heavy (non-hydrogen) atoms. The van der Waals surface area contributed by atoms with Crippen molar-refractivity contribution in [3.63, 3.8) is 0 Å². The fourth-order valence-electron chi connectivity index (χ4n) is 3.45. The first-order valence-electron chi connectivity index (χ1n) is 9.28. The summed E-state index contributed by atoms with van der Waals surface area (Å²) in [7, 11) is 0. The van der Waals surface area contributed by atoms with E-state index in [2.05, 4.69) is 10.6 Å². The van der Waals surface area contributed by atoms with Crippen LogP contribution in [0.3, 0.4) is 0 Å². The number of carbonyl (C=O) groups excluding carboxylic acids is 2. The van der Waals surface area contributed by atoms with E-state index in [9.17, 15) is 9.59 Å². The van der Waals surface area contributed by atoms with Gasteiger partial charge in [-0.1, -0.05) is 24.6 Å². The molecule has 136 valence electrons. The second-order valence-electron chi connectivity index (χ2n) is 6.67. The van der Waals surface area contributed by atoms with Crippen molar-refractivity contribution in [3.8, 4) is 5.75 Å². The lowest BCUT2D eigenvalue weighted by molar-refractivity contribution is -0.130. The Hall–Kier alpha value is -2.24. The standard InChI is InChI=1S/C19H27N3O3/c23-18-9-2-1-5-12-22(18)13-6-11-20-19(24)21-16-10-14-25-17-8-4-3-7-15(16)17/h3-4,7-8,16H,1-2,5-6,9-14H2,(H2,20,21,24)/t16-/m1/s1. The van der Waals surface area contributed by atoms with Gasteiger partial charge in [0, 0.05) is 38.0 Å². The Kier molecular flexibility index (Phi) is 6.14.